The first-order chi connectivity index (χ1) is 9.86. The molecule has 1 saturated heterocycles. The molecule has 0 aromatic heterocycles. The highest BCUT2D eigenvalue weighted by Crippen LogP contribution is 2.09. The van der Waals surface area contributed by atoms with E-state index in [0.717, 1.165) is 0 Å². The number of amides is 3. The third-order valence-electron chi connectivity index (χ3n) is 3.22. The van der Waals surface area contributed by atoms with E-state index in [0.29, 0.717) is 13.0 Å². The molecule has 9 nitrogen and oxygen atoms in total. The highest BCUT2D eigenvalue weighted by Gasteiger charge is 2.33. The summed E-state index contributed by atoms with van der Waals surface area (Å²) in [6.45, 7) is 2.33. The predicted molar refractivity (Wildman–Crippen MR) is 70.6 cm³/mol. The van der Waals surface area contributed by atoms with Gasteiger partial charge < -0.3 is 25.7 Å². The minimum Gasteiger partial charge on any atom is -0.481 e. The maximum absolute atomic E-state index is 12.1. The van der Waals surface area contributed by atoms with Crippen LogP contribution in [0.3, 0.4) is 0 Å². The van der Waals surface area contributed by atoms with Crippen LogP contribution in [0.15, 0.2) is 0 Å². The van der Waals surface area contributed by atoms with E-state index in [-0.39, 0.29) is 25.3 Å². The van der Waals surface area contributed by atoms with Gasteiger partial charge in [0, 0.05) is 19.5 Å². The second-order valence-corrected chi connectivity index (χ2v) is 4.68. The molecular weight excluding hydrogens is 282 g/mol. The Kier molecular flexibility index (Phi) is 5.94. The molecule has 1 heterocycles. The molecule has 0 spiro atoms. The zero-order valence-corrected chi connectivity index (χ0v) is 11.7. The summed E-state index contributed by atoms with van der Waals surface area (Å²) in [6.07, 6.45) is -0.172. The summed E-state index contributed by atoms with van der Waals surface area (Å²) in [7, 11) is 0. The molecule has 9 heteroatoms. The molecule has 0 aromatic carbocycles. The van der Waals surface area contributed by atoms with Gasteiger partial charge in [-0.25, -0.2) is 9.59 Å². The molecule has 21 heavy (non-hydrogen) atoms. The summed E-state index contributed by atoms with van der Waals surface area (Å²) in [6, 6.07) is -2.61. The lowest BCUT2D eigenvalue weighted by molar-refractivity contribution is -0.140. The number of nitrogens with one attached hydrogen (secondary N) is 2. The Balaban J connectivity index is 2.69. The van der Waals surface area contributed by atoms with Crippen LogP contribution in [0, 0.1) is 0 Å². The number of urea groups is 1. The first-order valence-electron chi connectivity index (χ1n) is 6.66. The van der Waals surface area contributed by atoms with Crippen molar-refractivity contribution in [3.63, 3.8) is 0 Å². The molecule has 4 N–H and O–H groups in total. The van der Waals surface area contributed by atoms with Crippen molar-refractivity contribution in [2.45, 2.75) is 38.3 Å². The lowest BCUT2D eigenvalue weighted by Crippen LogP contribution is -2.60. The number of carbonyl (C=O) groups excluding carboxylic acids is 2. The van der Waals surface area contributed by atoms with Crippen LogP contribution in [-0.4, -0.2) is 64.2 Å². The second kappa shape index (κ2) is 7.46. The Morgan fingerprint density at radius 2 is 2.10 bits per heavy atom. The van der Waals surface area contributed by atoms with Crippen molar-refractivity contribution in [1.29, 1.82) is 0 Å². The van der Waals surface area contributed by atoms with Gasteiger partial charge in [0.25, 0.3) is 0 Å². The number of aliphatic carboxylic acids is 2. The highest BCUT2D eigenvalue weighted by atomic mass is 16.4. The van der Waals surface area contributed by atoms with Gasteiger partial charge >= 0.3 is 18.0 Å². The molecule has 0 saturated carbocycles. The van der Waals surface area contributed by atoms with Crippen molar-refractivity contribution in [2.24, 2.45) is 0 Å². The van der Waals surface area contributed by atoms with Crippen molar-refractivity contribution in [2.75, 3.05) is 13.1 Å². The zero-order valence-electron chi connectivity index (χ0n) is 11.7. The van der Waals surface area contributed by atoms with E-state index in [1.165, 1.54) is 4.90 Å². The topological polar surface area (TPSA) is 136 Å². The number of hydrogen-bond acceptors (Lipinski definition) is 4. The van der Waals surface area contributed by atoms with Crippen molar-refractivity contribution >= 4 is 23.9 Å². The summed E-state index contributed by atoms with van der Waals surface area (Å²) in [4.78, 5) is 46.5. The normalized spacial score (nSPS) is 19.6. The van der Waals surface area contributed by atoms with E-state index < -0.39 is 30.1 Å². The van der Waals surface area contributed by atoms with E-state index >= 15 is 0 Å². The standard InChI is InChI=1S/C12H19N3O6/c1-2-8-10(18)13-5-6-15(8)12(21)14-7(11(19)20)3-4-9(16)17/h7-8H,2-6H2,1H3,(H,13,18)(H,14,21)(H,16,17)(H,19,20). The minimum atomic E-state index is -1.31. The van der Waals surface area contributed by atoms with Crippen molar-refractivity contribution < 1.29 is 29.4 Å². The van der Waals surface area contributed by atoms with Crippen LogP contribution in [-0.2, 0) is 14.4 Å². The maximum atomic E-state index is 12.1. The molecule has 1 aliphatic heterocycles. The Morgan fingerprint density at radius 3 is 2.62 bits per heavy atom. The third kappa shape index (κ3) is 4.62. The largest absolute Gasteiger partial charge is 0.481 e. The zero-order chi connectivity index (χ0) is 16.0. The van der Waals surface area contributed by atoms with E-state index in [1.807, 2.05) is 0 Å². The van der Waals surface area contributed by atoms with Crippen molar-refractivity contribution in [3.8, 4) is 0 Å². The number of hydrogen-bond donors (Lipinski definition) is 4. The van der Waals surface area contributed by atoms with Crippen LogP contribution in [0.5, 0.6) is 0 Å². The summed E-state index contributed by atoms with van der Waals surface area (Å²) in [5.74, 6) is -2.73. The SMILES string of the molecule is CCC1C(=O)NCCN1C(=O)NC(CCC(=O)O)C(=O)O. The molecule has 0 aromatic rings. The molecule has 3 amide bonds. The predicted octanol–water partition coefficient (Wildman–Crippen LogP) is -0.776. The van der Waals surface area contributed by atoms with Crippen molar-refractivity contribution in [1.82, 2.24) is 15.5 Å². The van der Waals surface area contributed by atoms with E-state index in [2.05, 4.69) is 10.6 Å². The molecule has 118 valence electrons. The quantitative estimate of drug-likeness (QED) is 0.508. The number of carboxylic acid groups (broad SMARTS) is 2. The number of carbonyl (C=O) groups is 4. The fourth-order valence-electron chi connectivity index (χ4n) is 2.12. The molecular formula is C12H19N3O6. The van der Waals surface area contributed by atoms with E-state index in [9.17, 15) is 19.2 Å². The molecule has 1 aliphatic rings. The van der Waals surface area contributed by atoms with Gasteiger partial charge in [0.2, 0.25) is 5.91 Å². The number of nitrogens with zero attached hydrogens (tertiary/aromatic N) is 1. The molecule has 1 fully saturated rings. The average molecular weight is 301 g/mol. The summed E-state index contributed by atoms with van der Waals surface area (Å²) in [5, 5.41) is 22.5. The monoisotopic (exact) mass is 301 g/mol. The van der Waals surface area contributed by atoms with Crippen LogP contribution < -0.4 is 10.6 Å². The Morgan fingerprint density at radius 1 is 1.43 bits per heavy atom. The van der Waals surface area contributed by atoms with E-state index in [4.69, 9.17) is 10.2 Å². The smallest absolute Gasteiger partial charge is 0.326 e. The summed E-state index contributed by atoms with van der Waals surface area (Å²) < 4.78 is 0. The van der Waals surface area contributed by atoms with Gasteiger partial charge in [-0.05, 0) is 12.8 Å². The van der Waals surface area contributed by atoms with E-state index in [1.54, 1.807) is 6.92 Å². The van der Waals surface area contributed by atoms with Gasteiger partial charge in [-0.1, -0.05) is 6.92 Å². The van der Waals surface area contributed by atoms with Crippen LogP contribution in [0.2, 0.25) is 0 Å². The first-order valence-corrected chi connectivity index (χ1v) is 6.66. The molecule has 0 radical (unpaired) electrons. The summed E-state index contributed by atoms with van der Waals surface area (Å²) >= 11 is 0. The van der Waals surface area contributed by atoms with Gasteiger partial charge in [-0.15, -0.1) is 0 Å². The molecule has 0 bridgehead atoms. The second-order valence-electron chi connectivity index (χ2n) is 4.68. The minimum absolute atomic E-state index is 0.215. The molecule has 0 aliphatic carbocycles. The molecule has 1 rings (SSSR count). The first kappa shape index (κ1) is 16.7. The van der Waals surface area contributed by atoms with Gasteiger partial charge in [0.15, 0.2) is 0 Å². The van der Waals surface area contributed by atoms with Crippen LogP contribution in [0.1, 0.15) is 26.2 Å². The third-order valence-corrected chi connectivity index (χ3v) is 3.22. The Hall–Kier alpha value is -2.32. The fourth-order valence-corrected chi connectivity index (χ4v) is 2.12. The Labute approximate surface area is 121 Å². The highest BCUT2D eigenvalue weighted by molar-refractivity contribution is 5.89. The average Bonchev–Trinajstić information content (AvgIpc) is 2.42. The summed E-state index contributed by atoms with van der Waals surface area (Å²) in [5.41, 5.74) is 0. The number of rotatable bonds is 6. The van der Waals surface area contributed by atoms with Gasteiger partial charge in [0.05, 0.1) is 0 Å². The van der Waals surface area contributed by atoms with Crippen molar-refractivity contribution in [3.05, 3.63) is 0 Å². The van der Waals surface area contributed by atoms with Gasteiger partial charge in [0.1, 0.15) is 12.1 Å². The number of carboxylic acids is 2. The number of piperazine rings is 1. The fraction of sp³-hybridized carbons (Fsp3) is 0.667. The van der Waals surface area contributed by atoms with Crippen LogP contribution in [0.25, 0.3) is 0 Å². The Bertz CT molecular complexity index is 439. The van der Waals surface area contributed by atoms with Gasteiger partial charge in [-0.2, -0.15) is 0 Å². The maximum Gasteiger partial charge on any atom is 0.326 e. The van der Waals surface area contributed by atoms with Crippen LogP contribution >= 0.6 is 0 Å². The molecule has 2 atom stereocenters. The van der Waals surface area contributed by atoms with Gasteiger partial charge in [-0.3, -0.25) is 9.59 Å². The molecule has 2 unspecified atom stereocenters. The lowest BCUT2D eigenvalue weighted by Gasteiger charge is -2.35. The van der Waals surface area contributed by atoms with Crippen LogP contribution in [0.4, 0.5) is 4.79 Å². The lowest BCUT2D eigenvalue weighted by atomic mass is 10.1.